The van der Waals surface area contributed by atoms with Gasteiger partial charge in [0.1, 0.15) is 11.6 Å². The summed E-state index contributed by atoms with van der Waals surface area (Å²) in [5.74, 6) is 0.324. The monoisotopic (exact) mass is 360 g/mol. The van der Waals surface area contributed by atoms with Crippen LogP contribution in [-0.4, -0.2) is 29.7 Å². The van der Waals surface area contributed by atoms with Crippen LogP contribution in [0.4, 0.5) is 4.79 Å². The summed E-state index contributed by atoms with van der Waals surface area (Å²) in [7, 11) is 0. The van der Waals surface area contributed by atoms with Gasteiger partial charge in [0.2, 0.25) is 5.91 Å². The minimum Gasteiger partial charge on any atom is -0.444 e. The first-order valence-corrected chi connectivity index (χ1v) is 9.58. The maximum absolute atomic E-state index is 12.9. The molecule has 1 saturated carbocycles. The minimum absolute atomic E-state index is 0.140. The molecule has 5 nitrogen and oxygen atoms in total. The lowest BCUT2D eigenvalue weighted by Crippen LogP contribution is -2.53. The number of rotatable bonds is 5. The average molecular weight is 360 g/mol. The molecular formula is C21H32N2O3. The fraction of sp³-hybridized carbons (Fsp3) is 0.619. The van der Waals surface area contributed by atoms with Crippen molar-refractivity contribution < 1.29 is 14.3 Å². The maximum Gasteiger partial charge on any atom is 0.408 e. The lowest BCUT2D eigenvalue weighted by atomic mass is 9.85. The Kier molecular flexibility index (Phi) is 7.06. The molecule has 1 fully saturated rings. The fourth-order valence-corrected chi connectivity index (χ4v) is 3.32. The number of amides is 2. The van der Waals surface area contributed by atoms with Crippen molar-refractivity contribution in [3.8, 4) is 0 Å². The average Bonchev–Trinajstić information content (AvgIpc) is 2.55. The molecule has 1 aliphatic carbocycles. The normalized spacial score (nSPS) is 21.5. The summed E-state index contributed by atoms with van der Waals surface area (Å²) < 4.78 is 5.34. The van der Waals surface area contributed by atoms with Crippen molar-refractivity contribution in [2.24, 2.45) is 5.92 Å². The van der Waals surface area contributed by atoms with Crippen molar-refractivity contribution in [2.45, 2.75) is 77.5 Å². The number of carbonyl (C=O) groups is 2. The van der Waals surface area contributed by atoms with E-state index in [1.165, 1.54) is 6.42 Å². The van der Waals surface area contributed by atoms with Gasteiger partial charge < -0.3 is 15.4 Å². The van der Waals surface area contributed by atoms with Gasteiger partial charge >= 0.3 is 6.09 Å². The highest BCUT2D eigenvalue weighted by molar-refractivity contribution is 5.86. The fourth-order valence-electron chi connectivity index (χ4n) is 3.32. The second kappa shape index (κ2) is 9.06. The summed E-state index contributed by atoms with van der Waals surface area (Å²) in [4.78, 5) is 25.1. The molecule has 144 valence electrons. The molecule has 0 aromatic heterocycles. The Balaban J connectivity index is 2.05. The number of nitrogens with one attached hydrogen (secondary N) is 2. The highest BCUT2D eigenvalue weighted by Gasteiger charge is 2.29. The molecule has 0 radical (unpaired) electrons. The summed E-state index contributed by atoms with van der Waals surface area (Å²) >= 11 is 0. The summed E-state index contributed by atoms with van der Waals surface area (Å²) in [5.41, 5.74) is 0.399. The van der Waals surface area contributed by atoms with Crippen LogP contribution in [0.25, 0.3) is 0 Å². The quantitative estimate of drug-likeness (QED) is 0.839. The molecule has 0 aliphatic heterocycles. The molecule has 2 rings (SSSR count). The third kappa shape index (κ3) is 6.70. The molecule has 0 bridgehead atoms. The number of hydrogen-bond acceptors (Lipinski definition) is 3. The first kappa shape index (κ1) is 20.3. The van der Waals surface area contributed by atoms with Gasteiger partial charge in [-0.3, -0.25) is 4.79 Å². The first-order valence-electron chi connectivity index (χ1n) is 9.58. The van der Waals surface area contributed by atoms with Gasteiger partial charge in [-0.1, -0.05) is 50.1 Å². The van der Waals surface area contributed by atoms with Crippen molar-refractivity contribution in [3.63, 3.8) is 0 Å². The molecule has 2 N–H and O–H groups in total. The number of carbonyl (C=O) groups excluding carboxylic acids is 2. The van der Waals surface area contributed by atoms with Crippen molar-refractivity contribution in [1.29, 1.82) is 0 Å². The van der Waals surface area contributed by atoms with Crippen molar-refractivity contribution in [3.05, 3.63) is 35.9 Å². The predicted molar refractivity (Wildman–Crippen MR) is 103 cm³/mol. The molecule has 0 heterocycles. The zero-order chi connectivity index (χ0) is 19.2. The van der Waals surface area contributed by atoms with E-state index in [1.54, 1.807) is 0 Å². The van der Waals surface area contributed by atoms with Crippen LogP contribution in [0.1, 0.15) is 58.9 Å². The minimum atomic E-state index is -0.652. The summed E-state index contributed by atoms with van der Waals surface area (Å²) in [5, 5.41) is 5.90. The molecule has 1 aromatic rings. The maximum atomic E-state index is 12.9. The van der Waals surface area contributed by atoms with Gasteiger partial charge in [-0.25, -0.2) is 4.79 Å². The lowest BCUT2D eigenvalue weighted by Gasteiger charge is -2.31. The van der Waals surface area contributed by atoms with E-state index < -0.39 is 17.7 Å². The Bertz CT molecular complexity index is 595. The van der Waals surface area contributed by atoms with Crippen LogP contribution in [0.5, 0.6) is 0 Å². The number of hydrogen-bond donors (Lipinski definition) is 2. The largest absolute Gasteiger partial charge is 0.444 e. The van der Waals surface area contributed by atoms with E-state index in [-0.39, 0.29) is 11.9 Å². The molecule has 0 saturated heterocycles. The van der Waals surface area contributed by atoms with E-state index in [0.29, 0.717) is 12.3 Å². The Labute approximate surface area is 156 Å². The highest BCUT2D eigenvalue weighted by atomic mass is 16.6. The summed E-state index contributed by atoms with van der Waals surface area (Å²) in [6.07, 6.45) is 4.36. The predicted octanol–water partition coefficient (Wildman–Crippen LogP) is 3.82. The van der Waals surface area contributed by atoms with Gasteiger partial charge in [0.05, 0.1) is 0 Å². The zero-order valence-electron chi connectivity index (χ0n) is 16.4. The molecule has 0 unspecified atom stereocenters. The molecule has 1 aliphatic rings. The zero-order valence-corrected chi connectivity index (χ0v) is 16.4. The molecule has 3 atom stereocenters. The third-order valence-corrected chi connectivity index (χ3v) is 4.73. The van der Waals surface area contributed by atoms with Crippen LogP contribution in [0.2, 0.25) is 0 Å². The van der Waals surface area contributed by atoms with Crippen molar-refractivity contribution in [1.82, 2.24) is 10.6 Å². The molecule has 2 amide bonds. The summed E-state index contributed by atoms with van der Waals surface area (Å²) in [6, 6.07) is 9.24. The second-order valence-electron chi connectivity index (χ2n) is 8.27. The van der Waals surface area contributed by atoms with Crippen LogP contribution in [0.3, 0.4) is 0 Å². The highest BCUT2D eigenvalue weighted by Crippen LogP contribution is 2.23. The van der Waals surface area contributed by atoms with Gasteiger partial charge in [-0.15, -0.1) is 0 Å². The summed E-state index contributed by atoms with van der Waals surface area (Å²) in [6.45, 7) is 7.60. The van der Waals surface area contributed by atoms with Crippen molar-refractivity contribution in [2.75, 3.05) is 0 Å². The van der Waals surface area contributed by atoms with Crippen LogP contribution in [-0.2, 0) is 16.0 Å². The number of benzene rings is 1. The van der Waals surface area contributed by atoms with E-state index in [0.717, 1.165) is 24.8 Å². The Morgan fingerprint density at radius 2 is 1.81 bits per heavy atom. The standard InChI is InChI=1S/C21H32N2O3/c1-15-10-8-9-13-17(15)22-19(24)18(14-16-11-6-5-7-12-16)23-20(25)26-21(2,3)4/h5-7,11-12,15,17-18H,8-10,13-14H2,1-4H3,(H,22,24)(H,23,25)/t15-,17-,18+/m1/s1. The topological polar surface area (TPSA) is 67.4 Å². The van der Waals surface area contributed by atoms with Crippen LogP contribution in [0, 0.1) is 5.92 Å². The van der Waals surface area contributed by atoms with Gasteiger partial charge in [0.15, 0.2) is 0 Å². The van der Waals surface area contributed by atoms with Crippen LogP contribution < -0.4 is 10.6 Å². The smallest absolute Gasteiger partial charge is 0.408 e. The molecule has 1 aromatic carbocycles. The van der Waals surface area contributed by atoms with E-state index >= 15 is 0 Å². The Morgan fingerprint density at radius 1 is 1.15 bits per heavy atom. The van der Waals surface area contributed by atoms with Gasteiger partial charge in [0, 0.05) is 12.5 Å². The SMILES string of the molecule is C[C@@H]1CCCC[C@H]1NC(=O)[C@H](Cc1ccccc1)NC(=O)OC(C)(C)C. The molecule has 0 spiro atoms. The van der Waals surface area contributed by atoms with E-state index in [2.05, 4.69) is 17.6 Å². The third-order valence-electron chi connectivity index (χ3n) is 4.73. The van der Waals surface area contributed by atoms with E-state index in [1.807, 2.05) is 51.1 Å². The first-order chi connectivity index (χ1) is 12.2. The second-order valence-corrected chi connectivity index (χ2v) is 8.27. The molecule has 5 heteroatoms. The van der Waals surface area contributed by atoms with Gasteiger partial charge in [-0.05, 0) is 45.1 Å². The van der Waals surface area contributed by atoms with Gasteiger partial charge in [-0.2, -0.15) is 0 Å². The Morgan fingerprint density at radius 3 is 2.42 bits per heavy atom. The van der Waals surface area contributed by atoms with Gasteiger partial charge in [0.25, 0.3) is 0 Å². The van der Waals surface area contributed by atoms with Crippen LogP contribution in [0.15, 0.2) is 30.3 Å². The Hall–Kier alpha value is -2.04. The lowest BCUT2D eigenvalue weighted by molar-refractivity contribution is -0.124. The van der Waals surface area contributed by atoms with Crippen LogP contribution >= 0.6 is 0 Å². The molecule has 26 heavy (non-hydrogen) atoms. The number of ether oxygens (including phenoxy) is 1. The number of alkyl carbamates (subject to hydrolysis) is 1. The molecular weight excluding hydrogens is 328 g/mol. The van der Waals surface area contributed by atoms with E-state index in [4.69, 9.17) is 4.74 Å². The van der Waals surface area contributed by atoms with Crippen molar-refractivity contribution >= 4 is 12.0 Å². The van der Waals surface area contributed by atoms with E-state index in [9.17, 15) is 9.59 Å².